The average Bonchev–Trinajstić information content (AvgIpc) is 2.53. The van der Waals surface area contributed by atoms with Gasteiger partial charge in [-0.05, 0) is 25.8 Å². The molecule has 1 atom stereocenters. The zero-order chi connectivity index (χ0) is 15.2. The molecule has 2 rings (SSSR count). The van der Waals surface area contributed by atoms with Gasteiger partial charge in [0.05, 0.1) is 6.07 Å². The van der Waals surface area contributed by atoms with Crippen molar-refractivity contribution in [3.05, 3.63) is 35.9 Å². The summed E-state index contributed by atoms with van der Waals surface area (Å²) in [7, 11) is 0. The number of carbonyl (C=O) groups is 1. The fraction of sp³-hybridized carbons (Fsp3) is 0.529. The van der Waals surface area contributed by atoms with E-state index in [1.54, 1.807) is 0 Å². The molecule has 1 unspecified atom stereocenters. The molecule has 112 valence electrons. The van der Waals surface area contributed by atoms with Gasteiger partial charge in [0.25, 0.3) is 0 Å². The maximum atomic E-state index is 12.5. The zero-order valence-corrected chi connectivity index (χ0v) is 12.8. The van der Waals surface area contributed by atoms with Crippen molar-refractivity contribution in [2.75, 3.05) is 26.2 Å². The van der Waals surface area contributed by atoms with Gasteiger partial charge >= 0.3 is 0 Å². The predicted molar refractivity (Wildman–Crippen MR) is 82.5 cm³/mol. The lowest BCUT2D eigenvalue weighted by molar-refractivity contribution is -0.135. The number of rotatable bonds is 4. The van der Waals surface area contributed by atoms with Crippen LogP contribution in [0.1, 0.15) is 19.4 Å². The Morgan fingerprint density at radius 3 is 2.33 bits per heavy atom. The van der Waals surface area contributed by atoms with Gasteiger partial charge < -0.3 is 4.90 Å². The number of piperazine rings is 1. The molecular weight excluding hydrogens is 262 g/mol. The van der Waals surface area contributed by atoms with E-state index in [1.807, 2.05) is 35.2 Å². The second-order valence-electron chi connectivity index (χ2n) is 5.83. The van der Waals surface area contributed by atoms with Crippen LogP contribution in [0.3, 0.4) is 0 Å². The molecule has 0 saturated carbocycles. The number of benzene rings is 1. The van der Waals surface area contributed by atoms with Crippen molar-refractivity contribution >= 4 is 5.91 Å². The molecule has 1 saturated heterocycles. The molecule has 1 aliphatic rings. The van der Waals surface area contributed by atoms with E-state index in [9.17, 15) is 10.1 Å². The van der Waals surface area contributed by atoms with Gasteiger partial charge in [-0.2, -0.15) is 5.26 Å². The molecule has 1 aromatic rings. The van der Waals surface area contributed by atoms with Crippen LogP contribution in [-0.2, 0) is 11.2 Å². The Labute approximate surface area is 127 Å². The highest BCUT2D eigenvalue weighted by atomic mass is 16.2. The molecule has 1 aromatic carbocycles. The monoisotopic (exact) mass is 285 g/mol. The van der Waals surface area contributed by atoms with Gasteiger partial charge in [0.1, 0.15) is 5.92 Å². The van der Waals surface area contributed by atoms with E-state index in [-0.39, 0.29) is 5.91 Å². The second-order valence-corrected chi connectivity index (χ2v) is 5.83. The second kappa shape index (κ2) is 7.24. The lowest BCUT2D eigenvalue weighted by Gasteiger charge is -2.37. The Bertz CT molecular complexity index is 499. The summed E-state index contributed by atoms with van der Waals surface area (Å²) in [5.41, 5.74) is 1.04. The molecule has 0 N–H and O–H groups in total. The lowest BCUT2D eigenvalue weighted by atomic mass is 9.99. The minimum atomic E-state index is -0.571. The Balaban J connectivity index is 1.94. The smallest absolute Gasteiger partial charge is 0.240 e. The molecule has 1 amide bonds. The Hall–Kier alpha value is -1.86. The van der Waals surface area contributed by atoms with Crippen LogP contribution >= 0.6 is 0 Å². The van der Waals surface area contributed by atoms with Crippen LogP contribution < -0.4 is 0 Å². The number of nitriles is 1. The topological polar surface area (TPSA) is 47.3 Å². The van der Waals surface area contributed by atoms with E-state index >= 15 is 0 Å². The normalized spacial score (nSPS) is 17.5. The minimum Gasteiger partial charge on any atom is -0.339 e. The van der Waals surface area contributed by atoms with E-state index in [0.717, 1.165) is 31.7 Å². The summed E-state index contributed by atoms with van der Waals surface area (Å²) in [6.07, 6.45) is 0.501. The molecular formula is C17H23N3O. The number of carbonyl (C=O) groups excluding carboxylic acids is 1. The van der Waals surface area contributed by atoms with Gasteiger partial charge in [0, 0.05) is 32.2 Å². The van der Waals surface area contributed by atoms with Gasteiger partial charge in [-0.1, -0.05) is 30.3 Å². The van der Waals surface area contributed by atoms with Crippen molar-refractivity contribution in [2.45, 2.75) is 26.3 Å². The quantitative estimate of drug-likeness (QED) is 0.849. The molecule has 1 aliphatic heterocycles. The van der Waals surface area contributed by atoms with E-state index < -0.39 is 5.92 Å². The van der Waals surface area contributed by atoms with Gasteiger partial charge in [-0.15, -0.1) is 0 Å². The summed E-state index contributed by atoms with van der Waals surface area (Å²) in [5.74, 6) is -0.595. The zero-order valence-electron chi connectivity index (χ0n) is 12.8. The summed E-state index contributed by atoms with van der Waals surface area (Å²) in [6, 6.07) is 12.4. The van der Waals surface area contributed by atoms with Gasteiger partial charge in [0.2, 0.25) is 5.91 Å². The average molecular weight is 285 g/mol. The molecule has 0 aromatic heterocycles. The largest absolute Gasteiger partial charge is 0.339 e. The fourth-order valence-electron chi connectivity index (χ4n) is 2.72. The summed E-state index contributed by atoms with van der Waals surface area (Å²) in [6.45, 7) is 7.59. The van der Waals surface area contributed by atoms with Crippen molar-refractivity contribution in [3.8, 4) is 6.07 Å². The van der Waals surface area contributed by atoms with Crippen molar-refractivity contribution in [2.24, 2.45) is 5.92 Å². The van der Waals surface area contributed by atoms with Crippen LogP contribution in [0.2, 0.25) is 0 Å². The van der Waals surface area contributed by atoms with E-state index in [4.69, 9.17) is 0 Å². The first-order valence-corrected chi connectivity index (χ1v) is 7.58. The summed E-state index contributed by atoms with van der Waals surface area (Å²) >= 11 is 0. The summed E-state index contributed by atoms with van der Waals surface area (Å²) < 4.78 is 0. The SMILES string of the molecule is CC(C)N1CCN(C(=O)C(C#N)Cc2ccccc2)CC1. The van der Waals surface area contributed by atoms with Gasteiger partial charge in [0.15, 0.2) is 0 Å². The highest BCUT2D eigenvalue weighted by Crippen LogP contribution is 2.14. The first-order valence-electron chi connectivity index (χ1n) is 7.58. The standard InChI is InChI=1S/C17H23N3O/c1-14(2)19-8-10-20(11-9-19)17(21)16(13-18)12-15-6-4-3-5-7-15/h3-7,14,16H,8-12H2,1-2H3. The highest BCUT2D eigenvalue weighted by Gasteiger charge is 2.28. The molecule has 0 spiro atoms. The molecule has 0 aliphatic carbocycles. The van der Waals surface area contributed by atoms with Crippen LogP contribution in [0.4, 0.5) is 0 Å². The summed E-state index contributed by atoms with van der Waals surface area (Å²) in [4.78, 5) is 16.7. The third-order valence-corrected chi connectivity index (χ3v) is 4.09. The Morgan fingerprint density at radius 1 is 1.19 bits per heavy atom. The van der Waals surface area contributed by atoms with E-state index in [0.29, 0.717) is 12.5 Å². The third kappa shape index (κ3) is 4.05. The van der Waals surface area contributed by atoms with Crippen LogP contribution in [0.5, 0.6) is 0 Å². The maximum absolute atomic E-state index is 12.5. The van der Waals surface area contributed by atoms with Crippen LogP contribution in [-0.4, -0.2) is 47.9 Å². The molecule has 1 fully saturated rings. The Kier molecular flexibility index (Phi) is 5.35. The van der Waals surface area contributed by atoms with Gasteiger partial charge in [-0.25, -0.2) is 0 Å². The molecule has 4 heteroatoms. The molecule has 0 bridgehead atoms. The lowest BCUT2D eigenvalue weighted by Crippen LogP contribution is -2.52. The molecule has 1 heterocycles. The van der Waals surface area contributed by atoms with Crippen LogP contribution in [0, 0.1) is 17.2 Å². The highest BCUT2D eigenvalue weighted by molar-refractivity contribution is 5.81. The number of nitrogens with zero attached hydrogens (tertiary/aromatic N) is 3. The minimum absolute atomic E-state index is 0.0234. The van der Waals surface area contributed by atoms with Crippen molar-refractivity contribution < 1.29 is 4.79 Å². The van der Waals surface area contributed by atoms with Crippen LogP contribution in [0.15, 0.2) is 30.3 Å². The maximum Gasteiger partial charge on any atom is 0.240 e. The van der Waals surface area contributed by atoms with Gasteiger partial charge in [-0.3, -0.25) is 9.69 Å². The first-order chi connectivity index (χ1) is 10.1. The van der Waals surface area contributed by atoms with Crippen molar-refractivity contribution in [1.82, 2.24) is 9.80 Å². The summed E-state index contributed by atoms with van der Waals surface area (Å²) in [5, 5.41) is 9.32. The fourth-order valence-corrected chi connectivity index (χ4v) is 2.72. The molecule has 4 nitrogen and oxygen atoms in total. The van der Waals surface area contributed by atoms with Crippen molar-refractivity contribution in [3.63, 3.8) is 0 Å². The molecule has 0 radical (unpaired) electrons. The number of hydrogen-bond donors (Lipinski definition) is 0. The predicted octanol–water partition coefficient (Wildman–Crippen LogP) is 1.92. The van der Waals surface area contributed by atoms with Crippen LogP contribution in [0.25, 0.3) is 0 Å². The first kappa shape index (κ1) is 15.5. The van der Waals surface area contributed by atoms with E-state index in [2.05, 4.69) is 24.8 Å². The number of hydrogen-bond acceptors (Lipinski definition) is 3. The third-order valence-electron chi connectivity index (χ3n) is 4.09. The van der Waals surface area contributed by atoms with Crippen molar-refractivity contribution in [1.29, 1.82) is 5.26 Å². The Morgan fingerprint density at radius 2 is 1.81 bits per heavy atom. The number of amides is 1. The van der Waals surface area contributed by atoms with E-state index in [1.165, 1.54) is 0 Å². The molecule has 21 heavy (non-hydrogen) atoms.